The SMILES string of the molecule is C[SH+]c1ccc(O)cc1. The van der Waals surface area contributed by atoms with E-state index in [1.54, 1.807) is 12.1 Å². The second-order valence-electron chi connectivity index (χ2n) is 1.74. The highest BCUT2D eigenvalue weighted by Crippen LogP contribution is 2.09. The van der Waals surface area contributed by atoms with Gasteiger partial charge in [0.2, 0.25) is 0 Å². The molecule has 1 aromatic carbocycles. The lowest BCUT2D eigenvalue weighted by Crippen LogP contribution is -1.75. The van der Waals surface area contributed by atoms with Crippen molar-refractivity contribution in [3.63, 3.8) is 0 Å². The van der Waals surface area contributed by atoms with E-state index in [-0.39, 0.29) is 0 Å². The van der Waals surface area contributed by atoms with Crippen molar-refractivity contribution < 1.29 is 5.11 Å². The maximum atomic E-state index is 8.85. The van der Waals surface area contributed by atoms with E-state index in [2.05, 4.69) is 6.26 Å². The largest absolute Gasteiger partial charge is 0.508 e. The standard InChI is InChI=1S/C7H8OS/c1-9-7-4-2-6(8)3-5-7/h2-5,8H,1H3/p+1. The monoisotopic (exact) mass is 141 g/mol. The van der Waals surface area contributed by atoms with E-state index in [1.165, 1.54) is 16.7 Å². The molecule has 0 radical (unpaired) electrons. The van der Waals surface area contributed by atoms with Gasteiger partial charge in [0, 0.05) is 11.8 Å². The number of thiol groups is 1. The Kier molecular flexibility index (Phi) is 2.01. The fourth-order valence-electron chi connectivity index (χ4n) is 0.602. The van der Waals surface area contributed by atoms with Gasteiger partial charge in [0.1, 0.15) is 12.0 Å². The Labute approximate surface area is 58.7 Å². The molecule has 0 heterocycles. The lowest BCUT2D eigenvalue weighted by Gasteiger charge is -1.87. The highest BCUT2D eigenvalue weighted by atomic mass is 32.2. The third-order valence-corrected chi connectivity index (χ3v) is 1.92. The molecule has 0 aliphatic heterocycles. The molecular formula is C7H9OS+. The minimum atomic E-state index is 0.336. The van der Waals surface area contributed by atoms with Gasteiger partial charge in [0.05, 0.1) is 0 Å². The zero-order valence-electron chi connectivity index (χ0n) is 5.20. The number of rotatable bonds is 1. The third kappa shape index (κ3) is 1.64. The molecule has 9 heavy (non-hydrogen) atoms. The topological polar surface area (TPSA) is 20.2 Å². The molecule has 0 spiro atoms. The lowest BCUT2D eigenvalue weighted by atomic mass is 10.3. The summed E-state index contributed by atoms with van der Waals surface area (Å²) in [6.07, 6.45) is 2.06. The molecule has 0 bridgehead atoms. The van der Waals surface area contributed by atoms with Gasteiger partial charge in [-0.25, -0.2) is 0 Å². The zero-order valence-corrected chi connectivity index (χ0v) is 6.10. The Balaban J connectivity index is 2.88. The number of aromatic hydroxyl groups is 1. The fraction of sp³-hybridized carbons (Fsp3) is 0.143. The molecule has 0 atom stereocenters. The predicted octanol–water partition coefficient (Wildman–Crippen LogP) is 1.20. The average Bonchev–Trinajstić information content (AvgIpc) is 1.90. The molecule has 0 fully saturated rings. The maximum Gasteiger partial charge on any atom is 0.152 e. The quantitative estimate of drug-likeness (QED) is 0.460. The van der Waals surface area contributed by atoms with Crippen LogP contribution in [0.2, 0.25) is 0 Å². The highest BCUT2D eigenvalue weighted by Gasteiger charge is 1.94. The van der Waals surface area contributed by atoms with Crippen LogP contribution in [0.5, 0.6) is 5.75 Å². The zero-order chi connectivity index (χ0) is 6.69. The van der Waals surface area contributed by atoms with Crippen molar-refractivity contribution in [3.05, 3.63) is 24.3 Å². The maximum absolute atomic E-state index is 8.85. The van der Waals surface area contributed by atoms with Crippen molar-refractivity contribution in [1.82, 2.24) is 0 Å². The summed E-state index contributed by atoms with van der Waals surface area (Å²) in [4.78, 5) is 1.23. The van der Waals surface area contributed by atoms with Gasteiger partial charge >= 0.3 is 0 Å². The first-order chi connectivity index (χ1) is 4.33. The van der Waals surface area contributed by atoms with E-state index in [0.29, 0.717) is 5.75 Å². The van der Waals surface area contributed by atoms with Crippen LogP contribution in [0.4, 0.5) is 0 Å². The summed E-state index contributed by atoms with van der Waals surface area (Å²) in [5, 5.41) is 8.85. The first-order valence-corrected chi connectivity index (χ1v) is 4.06. The summed E-state index contributed by atoms with van der Waals surface area (Å²) in [7, 11) is 0. The number of phenols is 1. The Hall–Kier alpha value is -0.630. The van der Waals surface area contributed by atoms with Crippen molar-refractivity contribution >= 4 is 11.8 Å². The molecule has 2 heteroatoms. The first-order valence-electron chi connectivity index (χ1n) is 2.72. The van der Waals surface area contributed by atoms with Gasteiger partial charge in [-0.1, -0.05) is 0 Å². The molecule has 0 saturated carbocycles. The summed E-state index contributed by atoms with van der Waals surface area (Å²) < 4.78 is 0. The van der Waals surface area contributed by atoms with E-state index in [1.807, 2.05) is 12.1 Å². The van der Waals surface area contributed by atoms with Gasteiger partial charge in [-0.05, 0) is 24.3 Å². The first kappa shape index (κ1) is 6.49. The number of hydrogen-bond acceptors (Lipinski definition) is 1. The molecule has 48 valence electrons. The molecule has 1 rings (SSSR count). The van der Waals surface area contributed by atoms with Gasteiger partial charge in [-0.15, -0.1) is 0 Å². The lowest BCUT2D eigenvalue weighted by molar-refractivity contribution is 0.475. The number of phenolic OH excluding ortho intramolecular Hbond substituents is 1. The minimum absolute atomic E-state index is 0.336. The van der Waals surface area contributed by atoms with Crippen molar-refractivity contribution in [3.8, 4) is 5.75 Å². The van der Waals surface area contributed by atoms with Crippen LogP contribution in [-0.4, -0.2) is 11.4 Å². The third-order valence-electron chi connectivity index (χ3n) is 1.11. The Morgan fingerprint density at radius 2 is 1.78 bits per heavy atom. The smallest absolute Gasteiger partial charge is 0.152 e. The molecular weight excluding hydrogens is 132 g/mol. The minimum Gasteiger partial charge on any atom is -0.508 e. The van der Waals surface area contributed by atoms with Crippen LogP contribution < -0.4 is 0 Å². The van der Waals surface area contributed by atoms with Crippen LogP contribution in [0.25, 0.3) is 0 Å². The van der Waals surface area contributed by atoms with Crippen molar-refractivity contribution in [2.45, 2.75) is 4.90 Å². The predicted molar refractivity (Wildman–Crippen MR) is 41.1 cm³/mol. The molecule has 0 unspecified atom stereocenters. The van der Waals surface area contributed by atoms with E-state index in [9.17, 15) is 0 Å². The highest BCUT2D eigenvalue weighted by molar-refractivity contribution is 7.77. The number of benzene rings is 1. The van der Waals surface area contributed by atoms with Gasteiger partial charge in [0.25, 0.3) is 0 Å². The summed E-state index contributed by atoms with van der Waals surface area (Å²) in [6, 6.07) is 7.23. The Morgan fingerprint density at radius 3 is 2.22 bits per heavy atom. The average molecular weight is 141 g/mol. The normalized spacial score (nSPS) is 9.44. The van der Waals surface area contributed by atoms with Crippen LogP contribution in [0.15, 0.2) is 29.2 Å². The van der Waals surface area contributed by atoms with E-state index in [4.69, 9.17) is 5.11 Å². The van der Waals surface area contributed by atoms with Crippen LogP contribution in [-0.2, 0) is 11.8 Å². The van der Waals surface area contributed by atoms with E-state index in [0.717, 1.165) is 0 Å². The van der Waals surface area contributed by atoms with Crippen LogP contribution in [0, 0.1) is 0 Å². The fourth-order valence-corrected chi connectivity index (χ4v) is 1.05. The molecule has 1 nitrogen and oxygen atoms in total. The van der Waals surface area contributed by atoms with Crippen molar-refractivity contribution in [1.29, 1.82) is 0 Å². The van der Waals surface area contributed by atoms with Gasteiger partial charge in [0.15, 0.2) is 4.90 Å². The molecule has 0 aliphatic rings. The van der Waals surface area contributed by atoms with Crippen LogP contribution in [0.1, 0.15) is 0 Å². The van der Waals surface area contributed by atoms with Crippen LogP contribution in [0.3, 0.4) is 0 Å². The van der Waals surface area contributed by atoms with Gasteiger partial charge in [-0.3, -0.25) is 0 Å². The molecule has 0 saturated heterocycles. The van der Waals surface area contributed by atoms with E-state index >= 15 is 0 Å². The molecule has 0 aliphatic carbocycles. The Bertz CT molecular complexity index is 181. The molecule has 0 aromatic heterocycles. The summed E-state index contributed by atoms with van der Waals surface area (Å²) >= 11 is 1.24. The van der Waals surface area contributed by atoms with E-state index < -0.39 is 0 Å². The number of hydrogen-bond donors (Lipinski definition) is 1. The molecule has 1 aromatic rings. The van der Waals surface area contributed by atoms with Crippen molar-refractivity contribution in [2.75, 3.05) is 6.26 Å². The van der Waals surface area contributed by atoms with Gasteiger partial charge < -0.3 is 5.11 Å². The van der Waals surface area contributed by atoms with Gasteiger partial charge in [-0.2, -0.15) is 0 Å². The molecule has 1 N–H and O–H groups in total. The Morgan fingerprint density at radius 1 is 1.22 bits per heavy atom. The van der Waals surface area contributed by atoms with Crippen molar-refractivity contribution in [2.24, 2.45) is 0 Å². The second-order valence-corrected chi connectivity index (χ2v) is 2.70. The summed E-state index contributed by atoms with van der Waals surface area (Å²) in [5.74, 6) is 0.336. The summed E-state index contributed by atoms with van der Waals surface area (Å²) in [5.41, 5.74) is 0. The second kappa shape index (κ2) is 2.78. The summed E-state index contributed by atoms with van der Waals surface area (Å²) in [6.45, 7) is 0. The molecule has 0 amide bonds. The van der Waals surface area contributed by atoms with Crippen LogP contribution >= 0.6 is 0 Å².